The van der Waals surface area contributed by atoms with Gasteiger partial charge in [-0.15, -0.1) is 0 Å². The van der Waals surface area contributed by atoms with Gasteiger partial charge in [0.05, 0.1) is 5.69 Å². The lowest BCUT2D eigenvalue weighted by atomic mass is 10.4. The van der Waals surface area contributed by atoms with Crippen LogP contribution in [0.4, 0.5) is 6.01 Å². The molecule has 2 rings (SSSR count). The number of aryl methyl sites for hydroxylation is 1. The number of hydrogen-bond donors (Lipinski definition) is 0. The minimum absolute atomic E-state index is 0.00931. The summed E-state index contributed by atoms with van der Waals surface area (Å²) in [7, 11) is 1.48. The highest BCUT2D eigenvalue weighted by Gasteiger charge is 2.39. The maximum Gasteiger partial charge on any atom is 0.304 e. The van der Waals surface area contributed by atoms with Crippen molar-refractivity contribution in [2.24, 2.45) is 0 Å². The second-order valence-corrected chi connectivity index (χ2v) is 6.49. The Bertz CT molecular complexity index is 524. The molecular formula is C8H9ClN2O4S. The first-order chi connectivity index (χ1) is 7.38. The van der Waals surface area contributed by atoms with Gasteiger partial charge in [0, 0.05) is 23.6 Å². The Morgan fingerprint density at radius 3 is 2.75 bits per heavy atom. The first-order valence-corrected chi connectivity index (χ1v) is 6.91. The number of hydrogen-bond acceptors (Lipinski definition) is 5. The molecule has 16 heavy (non-hydrogen) atoms. The average molecular weight is 265 g/mol. The van der Waals surface area contributed by atoms with Crippen LogP contribution in [-0.4, -0.2) is 31.1 Å². The summed E-state index contributed by atoms with van der Waals surface area (Å²) in [6, 6.07) is 0.116. The lowest BCUT2D eigenvalue weighted by Gasteiger charge is -2.09. The van der Waals surface area contributed by atoms with Gasteiger partial charge < -0.3 is 4.42 Å². The van der Waals surface area contributed by atoms with E-state index in [2.05, 4.69) is 4.98 Å². The maximum absolute atomic E-state index is 11.5. The van der Waals surface area contributed by atoms with Crippen LogP contribution in [0.2, 0.25) is 0 Å². The lowest BCUT2D eigenvalue weighted by Crippen LogP contribution is -2.26. The number of carbonyl (C=O) groups is 1. The molecule has 88 valence electrons. The normalized spacial score (nSPS) is 21.8. The van der Waals surface area contributed by atoms with E-state index >= 15 is 0 Å². The zero-order chi connectivity index (χ0) is 11.9. The summed E-state index contributed by atoms with van der Waals surface area (Å²) in [6.07, 6.45) is 1.26. The van der Waals surface area contributed by atoms with Gasteiger partial charge in [0.15, 0.2) is 0 Å². The number of halogens is 1. The van der Waals surface area contributed by atoms with E-state index in [0.717, 1.165) is 0 Å². The molecule has 0 bridgehead atoms. The van der Waals surface area contributed by atoms with Crippen molar-refractivity contribution in [3.8, 4) is 0 Å². The Morgan fingerprint density at radius 2 is 2.31 bits per heavy atom. The fourth-order valence-electron chi connectivity index (χ4n) is 1.51. The molecule has 0 spiro atoms. The number of rotatable bonds is 2. The summed E-state index contributed by atoms with van der Waals surface area (Å²) in [5, 5.41) is -0.895. The standard InChI is InChI=1S/C8H9ClN2O4S/c1-5-4-15-8(10-5)11-3-6(2-7(11)12)16(9,13)14/h4,6H,2-3H2,1H3. The summed E-state index contributed by atoms with van der Waals surface area (Å²) < 4.78 is 27.2. The van der Waals surface area contributed by atoms with Crippen LogP contribution in [0.25, 0.3) is 0 Å². The Kier molecular flexibility index (Phi) is 2.67. The number of oxazole rings is 1. The Labute approximate surface area is 96.6 Å². The van der Waals surface area contributed by atoms with Crippen molar-refractivity contribution in [2.75, 3.05) is 11.4 Å². The summed E-state index contributed by atoms with van der Waals surface area (Å²) in [6.45, 7) is 1.70. The fraction of sp³-hybridized carbons (Fsp3) is 0.500. The van der Waals surface area contributed by atoms with Gasteiger partial charge in [0.2, 0.25) is 15.0 Å². The van der Waals surface area contributed by atoms with Crippen LogP contribution in [-0.2, 0) is 13.8 Å². The minimum Gasteiger partial charge on any atom is -0.431 e. The third-order valence-corrected chi connectivity index (χ3v) is 4.19. The molecule has 1 aliphatic rings. The molecule has 0 radical (unpaired) electrons. The van der Waals surface area contributed by atoms with Gasteiger partial charge >= 0.3 is 6.01 Å². The van der Waals surface area contributed by atoms with Gasteiger partial charge in [-0.25, -0.2) is 8.42 Å². The first-order valence-electron chi connectivity index (χ1n) is 4.54. The minimum atomic E-state index is -3.73. The van der Waals surface area contributed by atoms with E-state index < -0.39 is 14.3 Å². The topological polar surface area (TPSA) is 80.5 Å². The summed E-state index contributed by atoms with van der Waals surface area (Å²) in [4.78, 5) is 16.7. The lowest BCUT2D eigenvalue weighted by molar-refractivity contribution is -0.117. The van der Waals surface area contributed by atoms with Crippen LogP contribution in [0.3, 0.4) is 0 Å². The molecule has 0 saturated carbocycles. The number of amides is 1. The van der Waals surface area contributed by atoms with Crippen molar-refractivity contribution in [1.82, 2.24) is 4.98 Å². The highest BCUT2D eigenvalue weighted by atomic mass is 35.7. The van der Waals surface area contributed by atoms with E-state index in [-0.39, 0.29) is 24.9 Å². The molecule has 1 aromatic heterocycles. The molecule has 1 atom stereocenters. The van der Waals surface area contributed by atoms with E-state index in [9.17, 15) is 13.2 Å². The van der Waals surface area contributed by atoms with Crippen LogP contribution >= 0.6 is 10.7 Å². The van der Waals surface area contributed by atoms with Gasteiger partial charge in [0.25, 0.3) is 0 Å². The molecule has 1 aliphatic heterocycles. The van der Waals surface area contributed by atoms with E-state index in [1.165, 1.54) is 11.2 Å². The number of aromatic nitrogens is 1. The highest BCUT2D eigenvalue weighted by molar-refractivity contribution is 8.14. The van der Waals surface area contributed by atoms with Gasteiger partial charge in [-0.2, -0.15) is 4.98 Å². The van der Waals surface area contributed by atoms with Crippen molar-refractivity contribution in [1.29, 1.82) is 0 Å². The second-order valence-electron chi connectivity index (χ2n) is 3.58. The molecule has 8 heteroatoms. The Morgan fingerprint density at radius 1 is 1.62 bits per heavy atom. The van der Waals surface area contributed by atoms with Crippen molar-refractivity contribution in [2.45, 2.75) is 18.6 Å². The smallest absolute Gasteiger partial charge is 0.304 e. The molecule has 1 aromatic rings. The molecule has 1 amide bonds. The SMILES string of the molecule is Cc1coc(N2CC(S(=O)(=O)Cl)CC2=O)n1. The monoisotopic (exact) mass is 264 g/mol. The molecular weight excluding hydrogens is 256 g/mol. The van der Waals surface area contributed by atoms with Gasteiger partial charge in [-0.3, -0.25) is 9.69 Å². The summed E-state index contributed by atoms with van der Waals surface area (Å²) in [5.74, 6) is -0.351. The largest absolute Gasteiger partial charge is 0.431 e. The molecule has 0 N–H and O–H groups in total. The molecule has 1 unspecified atom stereocenters. The van der Waals surface area contributed by atoms with Crippen molar-refractivity contribution >= 4 is 31.7 Å². The highest BCUT2D eigenvalue weighted by Crippen LogP contribution is 2.25. The van der Waals surface area contributed by atoms with Crippen LogP contribution in [0.15, 0.2) is 10.7 Å². The van der Waals surface area contributed by atoms with Gasteiger partial charge in [0.1, 0.15) is 11.5 Å². The van der Waals surface area contributed by atoms with Crippen molar-refractivity contribution in [3.63, 3.8) is 0 Å². The number of anilines is 1. The first kappa shape index (κ1) is 11.4. The third-order valence-electron chi connectivity index (χ3n) is 2.33. The molecule has 6 nitrogen and oxygen atoms in total. The molecule has 1 saturated heterocycles. The molecule has 0 aliphatic carbocycles. The predicted molar refractivity (Wildman–Crippen MR) is 56.8 cm³/mol. The quantitative estimate of drug-likeness (QED) is 0.733. The van der Waals surface area contributed by atoms with Crippen molar-refractivity contribution < 1.29 is 17.6 Å². The third kappa shape index (κ3) is 2.05. The maximum atomic E-state index is 11.5. The van der Waals surface area contributed by atoms with Crippen LogP contribution in [0, 0.1) is 6.92 Å². The zero-order valence-corrected chi connectivity index (χ0v) is 9.95. The Hall–Kier alpha value is -1.08. The average Bonchev–Trinajstić information content (AvgIpc) is 2.70. The fourth-order valence-corrected chi connectivity index (χ4v) is 2.54. The van der Waals surface area contributed by atoms with Crippen molar-refractivity contribution in [3.05, 3.63) is 12.0 Å². The molecule has 2 heterocycles. The number of nitrogens with zero attached hydrogens (tertiary/aromatic N) is 2. The summed E-state index contributed by atoms with van der Waals surface area (Å²) in [5.41, 5.74) is 0.625. The van der Waals surface area contributed by atoms with Gasteiger partial charge in [-0.05, 0) is 6.92 Å². The predicted octanol–water partition coefficient (Wildman–Crippen LogP) is 0.657. The Balaban J connectivity index is 2.24. The van der Waals surface area contributed by atoms with E-state index in [1.807, 2.05) is 0 Å². The van der Waals surface area contributed by atoms with Gasteiger partial charge in [-0.1, -0.05) is 0 Å². The number of carbonyl (C=O) groups excluding carboxylic acids is 1. The zero-order valence-electron chi connectivity index (χ0n) is 8.38. The van der Waals surface area contributed by atoms with Crippen LogP contribution in [0.1, 0.15) is 12.1 Å². The molecule has 0 aromatic carbocycles. The van der Waals surface area contributed by atoms with Crippen LogP contribution < -0.4 is 4.90 Å². The summed E-state index contributed by atoms with van der Waals surface area (Å²) >= 11 is 0. The van der Waals surface area contributed by atoms with E-state index in [4.69, 9.17) is 15.1 Å². The second kappa shape index (κ2) is 3.74. The molecule has 1 fully saturated rings. The van der Waals surface area contributed by atoms with Crippen LogP contribution in [0.5, 0.6) is 0 Å². The van der Waals surface area contributed by atoms with E-state index in [1.54, 1.807) is 6.92 Å². The van der Waals surface area contributed by atoms with E-state index in [0.29, 0.717) is 5.69 Å².